The average Bonchev–Trinajstić information content (AvgIpc) is 3.15. The fourth-order valence-corrected chi connectivity index (χ4v) is 5.47. The molecule has 0 saturated carbocycles. The number of hydrogen-bond acceptors (Lipinski definition) is 6. The Bertz CT molecular complexity index is 1500. The van der Waals surface area contributed by atoms with Gasteiger partial charge in [-0.3, -0.25) is 9.36 Å². The number of allylic oxidation sites excluding steroid dienone is 1. The van der Waals surface area contributed by atoms with E-state index < -0.39 is 12.0 Å². The number of esters is 1. The van der Waals surface area contributed by atoms with Gasteiger partial charge in [0.25, 0.3) is 5.56 Å². The van der Waals surface area contributed by atoms with E-state index in [4.69, 9.17) is 21.3 Å². The first-order valence-corrected chi connectivity index (χ1v) is 13.2. The maximum absolute atomic E-state index is 13.8. The van der Waals surface area contributed by atoms with Crippen LogP contribution in [0.25, 0.3) is 6.08 Å². The van der Waals surface area contributed by atoms with Gasteiger partial charge in [0.05, 0.1) is 28.5 Å². The van der Waals surface area contributed by atoms with Crippen LogP contribution in [-0.4, -0.2) is 22.2 Å². The van der Waals surface area contributed by atoms with Crippen molar-refractivity contribution in [3.8, 4) is 5.75 Å². The molecule has 0 fully saturated rings. The van der Waals surface area contributed by atoms with Gasteiger partial charge in [0.1, 0.15) is 5.75 Å². The van der Waals surface area contributed by atoms with Crippen LogP contribution in [0.1, 0.15) is 69.2 Å². The van der Waals surface area contributed by atoms with Crippen molar-refractivity contribution in [3.63, 3.8) is 0 Å². The number of nitrogens with zero attached hydrogens (tertiary/aromatic N) is 2. The number of phenols is 1. The summed E-state index contributed by atoms with van der Waals surface area (Å²) in [5.41, 5.74) is 3.13. The molecule has 4 rings (SSSR count). The fraction of sp³-hybridized carbons (Fsp3) is 0.321. The number of phenolic OH excluding ortho intramolecular Hbond substituents is 1. The number of thiazole rings is 1. The van der Waals surface area contributed by atoms with Crippen LogP contribution in [0.4, 0.5) is 0 Å². The third-order valence-electron chi connectivity index (χ3n) is 6.09. The Morgan fingerprint density at radius 2 is 1.94 bits per heavy atom. The zero-order valence-corrected chi connectivity index (χ0v) is 22.3. The van der Waals surface area contributed by atoms with Crippen LogP contribution in [-0.2, 0) is 9.53 Å². The molecule has 1 aliphatic heterocycles. The van der Waals surface area contributed by atoms with Crippen LogP contribution in [0.15, 0.2) is 63.5 Å². The van der Waals surface area contributed by atoms with Gasteiger partial charge in [-0.25, -0.2) is 9.79 Å². The van der Waals surface area contributed by atoms with Gasteiger partial charge < -0.3 is 9.84 Å². The second kappa shape index (κ2) is 10.8. The summed E-state index contributed by atoms with van der Waals surface area (Å²) in [5, 5.41) is 10.7. The lowest BCUT2D eigenvalue weighted by molar-refractivity contribution is -0.139. The third-order valence-corrected chi connectivity index (χ3v) is 7.31. The van der Waals surface area contributed by atoms with Gasteiger partial charge >= 0.3 is 5.97 Å². The lowest BCUT2D eigenvalue weighted by Gasteiger charge is -2.26. The van der Waals surface area contributed by atoms with Gasteiger partial charge in [0.2, 0.25) is 0 Å². The van der Waals surface area contributed by atoms with E-state index in [1.807, 2.05) is 31.2 Å². The van der Waals surface area contributed by atoms with Crippen molar-refractivity contribution < 1.29 is 14.6 Å². The van der Waals surface area contributed by atoms with E-state index in [9.17, 15) is 14.7 Å². The minimum atomic E-state index is -0.668. The van der Waals surface area contributed by atoms with E-state index in [0.29, 0.717) is 43.5 Å². The minimum Gasteiger partial charge on any atom is -0.507 e. The van der Waals surface area contributed by atoms with Crippen LogP contribution >= 0.6 is 22.9 Å². The molecule has 0 amide bonds. The first-order valence-electron chi connectivity index (χ1n) is 12.0. The second-order valence-electron chi connectivity index (χ2n) is 8.94. The summed E-state index contributed by atoms with van der Waals surface area (Å²) < 4.78 is 7.38. The Morgan fingerprint density at radius 1 is 1.22 bits per heavy atom. The molecule has 1 atom stereocenters. The van der Waals surface area contributed by atoms with E-state index in [-0.39, 0.29) is 17.9 Å². The van der Waals surface area contributed by atoms with Crippen molar-refractivity contribution in [2.24, 2.45) is 4.99 Å². The quantitative estimate of drug-likeness (QED) is 0.438. The van der Waals surface area contributed by atoms with Crippen molar-refractivity contribution in [2.75, 3.05) is 6.61 Å². The zero-order valence-electron chi connectivity index (χ0n) is 20.7. The molecular formula is C28H29ClN2O4S. The summed E-state index contributed by atoms with van der Waals surface area (Å²) in [6.07, 6.45) is 2.97. The topological polar surface area (TPSA) is 80.9 Å². The van der Waals surface area contributed by atoms with E-state index in [0.717, 1.165) is 17.5 Å². The number of rotatable bonds is 7. The molecule has 36 heavy (non-hydrogen) atoms. The summed E-state index contributed by atoms with van der Waals surface area (Å²) >= 11 is 7.33. The number of fused-ring (bicyclic) bond motifs is 1. The molecule has 1 aromatic heterocycles. The molecule has 3 aromatic rings. The van der Waals surface area contributed by atoms with Crippen molar-refractivity contribution in [3.05, 3.63) is 95.1 Å². The van der Waals surface area contributed by atoms with Gasteiger partial charge in [-0.15, -0.1) is 0 Å². The van der Waals surface area contributed by atoms with Gasteiger partial charge in [-0.05, 0) is 54.7 Å². The van der Waals surface area contributed by atoms with Gasteiger partial charge in [-0.1, -0.05) is 74.4 Å². The molecule has 6 nitrogen and oxygen atoms in total. The van der Waals surface area contributed by atoms with Crippen LogP contribution in [0, 0.1) is 0 Å². The zero-order chi connectivity index (χ0) is 26.0. The van der Waals surface area contributed by atoms with Crippen LogP contribution < -0.4 is 14.9 Å². The molecule has 188 valence electrons. The number of aromatic hydroxyl groups is 1. The highest BCUT2D eigenvalue weighted by Crippen LogP contribution is 2.33. The average molecular weight is 525 g/mol. The van der Waals surface area contributed by atoms with Crippen molar-refractivity contribution in [1.82, 2.24) is 4.57 Å². The van der Waals surface area contributed by atoms with Crippen LogP contribution in [0.2, 0.25) is 5.02 Å². The van der Waals surface area contributed by atoms with Crippen LogP contribution in [0.3, 0.4) is 0 Å². The summed E-state index contributed by atoms with van der Waals surface area (Å²) in [6.45, 7) is 8.24. The Balaban J connectivity index is 1.99. The number of ether oxygens (including phenoxy) is 1. The monoisotopic (exact) mass is 524 g/mol. The highest BCUT2D eigenvalue weighted by atomic mass is 35.5. The van der Waals surface area contributed by atoms with E-state index >= 15 is 0 Å². The molecule has 0 spiro atoms. The van der Waals surface area contributed by atoms with E-state index in [1.165, 1.54) is 17.4 Å². The number of halogens is 1. The number of benzene rings is 2. The second-order valence-corrected chi connectivity index (χ2v) is 10.4. The smallest absolute Gasteiger partial charge is 0.338 e. The summed E-state index contributed by atoms with van der Waals surface area (Å²) in [5.74, 6) is -0.100. The van der Waals surface area contributed by atoms with E-state index in [2.05, 4.69) is 13.8 Å². The Labute approximate surface area is 218 Å². The first-order chi connectivity index (χ1) is 17.2. The number of aromatic nitrogens is 1. The predicted octanol–water partition coefficient (Wildman–Crippen LogP) is 5.06. The van der Waals surface area contributed by atoms with Crippen molar-refractivity contribution in [2.45, 2.75) is 52.5 Å². The number of carbonyl (C=O) groups excluding carboxylic acids is 1. The van der Waals surface area contributed by atoms with Crippen LogP contribution in [0.5, 0.6) is 5.75 Å². The number of carbonyl (C=O) groups is 1. The molecule has 1 N–H and O–H groups in total. The molecule has 0 saturated heterocycles. The molecular weight excluding hydrogens is 496 g/mol. The van der Waals surface area contributed by atoms with E-state index in [1.54, 1.807) is 29.7 Å². The summed E-state index contributed by atoms with van der Waals surface area (Å²) in [6, 6.07) is 12.0. The molecule has 1 aliphatic rings. The standard InChI is InChI=1S/C28H29ClN2O4S/c1-5-7-21-24(27(34)35-6-2)25(18-10-8-17(9-11-18)16(3)4)31-26(33)23(36-28(31)30-21)15-19-14-20(29)12-13-22(19)32/h8-16,25,32H,5-7H2,1-4H3/b23-15-/t25-/m1/s1. The molecule has 0 aliphatic carbocycles. The SMILES string of the molecule is CCCC1=C(C(=O)OCC)[C@@H](c2ccc(C(C)C)cc2)n2c(s/c(=C\c3cc(Cl)ccc3O)c2=O)=N1. The maximum atomic E-state index is 13.8. The molecule has 2 aromatic carbocycles. The van der Waals surface area contributed by atoms with Crippen molar-refractivity contribution in [1.29, 1.82) is 0 Å². The Kier molecular flexibility index (Phi) is 7.81. The minimum absolute atomic E-state index is 0.0185. The molecule has 8 heteroatoms. The Morgan fingerprint density at radius 3 is 2.58 bits per heavy atom. The predicted molar refractivity (Wildman–Crippen MR) is 143 cm³/mol. The normalized spacial score (nSPS) is 15.7. The summed E-state index contributed by atoms with van der Waals surface area (Å²) in [4.78, 5) is 32.3. The first kappa shape index (κ1) is 25.9. The Hall–Kier alpha value is -3.16. The highest BCUT2D eigenvalue weighted by molar-refractivity contribution is 7.07. The van der Waals surface area contributed by atoms with Gasteiger partial charge in [0, 0.05) is 10.6 Å². The maximum Gasteiger partial charge on any atom is 0.338 e. The largest absolute Gasteiger partial charge is 0.507 e. The van der Waals surface area contributed by atoms with Crippen molar-refractivity contribution >= 4 is 35.0 Å². The number of hydrogen-bond donors (Lipinski definition) is 1. The van der Waals surface area contributed by atoms with Gasteiger partial charge in [-0.2, -0.15) is 0 Å². The molecule has 0 bridgehead atoms. The fourth-order valence-electron chi connectivity index (χ4n) is 4.28. The molecule has 0 radical (unpaired) electrons. The lowest BCUT2D eigenvalue weighted by Crippen LogP contribution is -2.40. The third kappa shape index (κ3) is 5.04. The molecule has 0 unspecified atom stereocenters. The highest BCUT2D eigenvalue weighted by Gasteiger charge is 2.34. The van der Waals surface area contributed by atoms with Gasteiger partial charge in [0.15, 0.2) is 4.80 Å². The lowest BCUT2D eigenvalue weighted by atomic mass is 9.92. The molecule has 2 heterocycles. The summed E-state index contributed by atoms with van der Waals surface area (Å²) in [7, 11) is 0.